The van der Waals surface area contributed by atoms with Crippen LogP contribution >= 0.6 is 11.6 Å². The van der Waals surface area contributed by atoms with Gasteiger partial charge < -0.3 is 14.7 Å². The summed E-state index contributed by atoms with van der Waals surface area (Å²) in [4.78, 5) is 13.0. The molecule has 4 rings (SSSR count). The van der Waals surface area contributed by atoms with E-state index in [-0.39, 0.29) is 10.9 Å². The van der Waals surface area contributed by atoms with Crippen LogP contribution in [0, 0.1) is 0 Å². The molecule has 1 N–H and O–H groups in total. The molecule has 184 valence electrons. The second-order valence-electron chi connectivity index (χ2n) is 8.51. The second kappa shape index (κ2) is 9.79. The van der Waals surface area contributed by atoms with Crippen molar-refractivity contribution in [1.82, 2.24) is 4.90 Å². The SMILES string of the molecule is COc1ccc(N(C)S(=O)(=O)c2ccccc2-c2ccc(Cl)cc2)c2c1C[C@@H](N(C)C(=O)O)CC2. The molecular weight excluding hydrogens is 488 g/mol. The molecule has 9 heteroatoms. The maximum absolute atomic E-state index is 13.9. The first-order chi connectivity index (χ1) is 16.6. The van der Waals surface area contributed by atoms with Crippen LogP contribution in [0.1, 0.15) is 17.5 Å². The first-order valence-corrected chi connectivity index (χ1v) is 12.9. The Labute approximate surface area is 210 Å². The number of sulfonamides is 1. The van der Waals surface area contributed by atoms with E-state index in [1.807, 2.05) is 0 Å². The molecule has 1 atom stereocenters. The first kappa shape index (κ1) is 24.9. The molecule has 1 aliphatic carbocycles. The normalized spacial score (nSPS) is 15.3. The van der Waals surface area contributed by atoms with E-state index in [9.17, 15) is 18.3 Å². The maximum atomic E-state index is 13.9. The summed E-state index contributed by atoms with van der Waals surface area (Å²) in [5, 5.41) is 9.99. The van der Waals surface area contributed by atoms with Crippen molar-refractivity contribution >= 4 is 33.4 Å². The number of anilines is 1. The van der Waals surface area contributed by atoms with Gasteiger partial charge in [0.05, 0.1) is 17.7 Å². The summed E-state index contributed by atoms with van der Waals surface area (Å²) in [5.41, 5.74) is 3.58. The number of likely N-dealkylation sites (N-methyl/N-ethyl adjacent to an activating group) is 1. The molecule has 0 saturated heterocycles. The number of methoxy groups -OCH3 is 1. The second-order valence-corrected chi connectivity index (χ2v) is 10.9. The Hall–Kier alpha value is -3.23. The van der Waals surface area contributed by atoms with Crippen molar-refractivity contribution in [3.8, 4) is 16.9 Å². The molecule has 7 nitrogen and oxygen atoms in total. The third-order valence-corrected chi connectivity index (χ3v) is 8.70. The predicted molar refractivity (Wildman–Crippen MR) is 137 cm³/mol. The lowest BCUT2D eigenvalue weighted by Crippen LogP contribution is -2.40. The fourth-order valence-corrected chi connectivity index (χ4v) is 6.19. The van der Waals surface area contributed by atoms with E-state index in [1.54, 1.807) is 81.9 Å². The van der Waals surface area contributed by atoms with Crippen molar-refractivity contribution in [2.75, 3.05) is 25.5 Å². The van der Waals surface area contributed by atoms with Gasteiger partial charge in [-0.2, -0.15) is 0 Å². The smallest absolute Gasteiger partial charge is 0.407 e. The zero-order chi connectivity index (χ0) is 25.3. The Balaban J connectivity index is 1.77. The highest BCUT2D eigenvalue weighted by atomic mass is 35.5. The minimum atomic E-state index is -3.92. The van der Waals surface area contributed by atoms with E-state index in [2.05, 4.69) is 0 Å². The van der Waals surface area contributed by atoms with Crippen LogP contribution in [-0.2, 0) is 22.9 Å². The van der Waals surface area contributed by atoms with Gasteiger partial charge in [0.2, 0.25) is 0 Å². The van der Waals surface area contributed by atoms with Gasteiger partial charge in [-0.3, -0.25) is 4.31 Å². The molecule has 0 aromatic heterocycles. The summed E-state index contributed by atoms with van der Waals surface area (Å²) in [5.74, 6) is 0.625. The molecule has 0 saturated carbocycles. The summed E-state index contributed by atoms with van der Waals surface area (Å²) in [7, 11) is 0.737. The van der Waals surface area contributed by atoms with Gasteiger partial charge >= 0.3 is 6.09 Å². The van der Waals surface area contributed by atoms with Crippen LogP contribution in [0.3, 0.4) is 0 Å². The van der Waals surface area contributed by atoms with E-state index in [4.69, 9.17) is 16.3 Å². The number of carboxylic acid groups (broad SMARTS) is 1. The summed E-state index contributed by atoms with van der Waals surface area (Å²) < 4.78 is 34.6. The van der Waals surface area contributed by atoms with Gasteiger partial charge in [0.25, 0.3) is 10.0 Å². The molecule has 3 aromatic rings. The lowest BCUT2D eigenvalue weighted by Gasteiger charge is -2.34. The van der Waals surface area contributed by atoms with Crippen molar-refractivity contribution in [1.29, 1.82) is 0 Å². The molecule has 0 radical (unpaired) electrons. The molecule has 0 unspecified atom stereocenters. The van der Waals surface area contributed by atoms with Crippen LogP contribution < -0.4 is 9.04 Å². The highest BCUT2D eigenvalue weighted by Crippen LogP contribution is 2.40. The topological polar surface area (TPSA) is 87.2 Å². The molecule has 1 amide bonds. The Morgan fingerprint density at radius 2 is 1.71 bits per heavy atom. The van der Waals surface area contributed by atoms with Crippen molar-refractivity contribution < 1.29 is 23.1 Å². The van der Waals surface area contributed by atoms with Crippen LogP contribution in [-0.4, -0.2) is 51.8 Å². The highest BCUT2D eigenvalue weighted by Gasteiger charge is 2.32. The van der Waals surface area contributed by atoms with Gasteiger partial charge in [-0.05, 0) is 60.7 Å². The number of benzene rings is 3. The van der Waals surface area contributed by atoms with E-state index in [1.165, 1.54) is 9.21 Å². The number of carbonyl (C=O) groups is 1. The van der Waals surface area contributed by atoms with E-state index < -0.39 is 16.1 Å². The van der Waals surface area contributed by atoms with Crippen LogP contribution in [0.5, 0.6) is 5.75 Å². The van der Waals surface area contributed by atoms with E-state index >= 15 is 0 Å². The highest BCUT2D eigenvalue weighted by molar-refractivity contribution is 7.93. The predicted octanol–water partition coefficient (Wildman–Crippen LogP) is 5.31. The molecule has 0 bridgehead atoms. The Bertz CT molecular complexity index is 1360. The van der Waals surface area contributed by atoms with Gasteiger partial charge in [-0.25, -0.2) is 13.2 Å². The Kier molecular flexibility index (Phi) is 6.96. The lowest BCUT2D eigenvalue weighted by atomic mass is 9.86. The van der Waals surface area contributed by atoms with Crippen LogP contribution in [0.4, 0.5) is 10.5 Å². The summed E-state index contributed by atoms with van der Waals surface area (Å²) in [6.45, 7) is 0. The molecule has 3 aromatic carbocycles. The number of ether oxygens (including phenoxy) is 1. The molecule has 35 heavy (non-hydrogen) atoms. The van der Waals surface area contributed by atoms with Gasteiger partial charge in [0.15, 0.2) is 0 Å². The van der Waals surface area contributed by atoms with Crippen LogP contribution in [0.2, 0.25) is 5.02 Å². The minimum absolute atomic E-state index is 0.189. The van der Waals surface area contributed by atoms with Crippen molar-refractivity contribution in [2.24, 2.45) is 0 Å². The molecular formula is C26H27ClN2O5S. The molecule has 0 spiro atoms. The summed E-state index contributed by atoms with van der Waals surface area (Å²) in [6, 6.07) is 17.2. The number of hydrogen-bond donors (Lipinski definition) is 1. The van der Waals surface area contributed by atoms with E-state index in [0.717, 1.165) is 16.7 Å². The van der Waals surface area contributed by atoms with Crippen LogP contribution in [0.15, 0.2) is 65.6 Å². The molecule has 0 fully saturated rings. The fraction of sp³-hybridized carbons (Fsp3) is 0.269. The Morgan fingerprint density at radius 3 is 2.37 bits per heavy atom. The van der Waals surface area contributed by atoms with Gasteiger partial charge in [0.1, 0.15) is 5.75 Å². The monoisotopic (exact) mass is 514 g/mol. The quantitative estimate of drug-likeness (QED) is 0.482. The minimum Gasteiger partial charge on any atom is -0.496 e. The van der Waals surface area contributed by atoms with Crippen molar-refractivity contribution in [3.05, 3.63) is 76.8 Å². The number of nitrogens with zero attached hydrogens (tertiary/aromatic N) is 2. The first-order valence-electron chi connectivity index (χ1n) is 11.1. The van der Waals surface area contributed by atoms with Gasteiger partial charge in [0, 0.05) is 36.3 Å². The van der Waals surface area contributed by atoms with Gasteiger partial charge in [-0.15, -0.1) is 0 Å². The average molecular weight is 515 g/mol. The van der Waals surface area contributed by atoms with E-state index in [0.29, 0.717) is 41.3 Å². The third-order valence-electron chi connectivity index (χ3n) is 6.62. The van der Waals surface area contributed by atoms with Gasteiger partial charge in [-0.1, -0.05) is 41.9 Å². The molecule has 0 heterocycles. The third kappa shape index (κ3) is 4.68. The summed E-state index contributed by atoms with van der Waals surface area (Å²) >= 11 is 6.03. The van der Waals surface area contributed by atoms with Crippen molar-refractivity contribution in [3.63, 3.8) is 0 Å². The van der Waals surface area contributed by atoms with Crippen LogP contribution in [0.25, 0.3) is 11.1 Å². The fourth-order valence-electron chi connectivity index (χ4n) is 4.62. The average Bonchev–Trinajstić information content (AvgIpc) is 2.87. The maximum Gasteiger partial charge on any atom is 0.407 e. The zero-order valence-electron chi connectivity index (χ0n) is 19.7. The number of fused-ring (bicyclic) bond motifs is 1. The zero-order valence-corrected chi connectivity index (χ0v) is 21.3. The van der Waals surface area contributed by atoms with Crippen molar-refractivity contribution in [2.45, 2.75) is 30.2 Å². The standard InChI is InChI=1S/C26H27ClN2O5S/c1-28(26(30)31)19-12-13-21-22(16-19)24(34-3)15-14-23(21)29(2)35(32,33)25-7-5-4-6-20(25)17-8-10-18(27)11-9-17/h4-11,14-15,19H,12-13,16H2,1-3H3,(H,30,31)/t19-/m0/s1. The Morgan fingerprint density at radius 1 is 1.03 bits per heavy atom. The number of amides is 1. The largest absolute Gasteiger partial charge is 0.496 e. The number of rotatable bonds is 6. The molecule has 0 aliphatic heterocycles. The lowest BCUT2D eigenvalue weighted by molar-refractivity contribution is 0.134. The number of hydrogen-bond acceptors (Lipinski definition) is 4. The molecule has 1 aliphatic rings. The summed E-state index contributed by atoms with van der Waals surface area (Å²) in [6.07, 6.45) is 0.574. The number of halogens is 1.